The van der Waals surface area contributed by atoms with Crippen LogP contribution in [0, 0.1) is 0 Å². The SMILES string of the molecule is CC(C)(O)C1CCCN1c1ncnc2[nH]c(-c3ccn[nH]3)cc12. The van der Waals surface area contributed by atoms with Crippen LogP contribution in [0.5, 0.6) is 0 Å². The summed E-state index contributed by atoms with van der Waals surface area (Å²) in [6, 6.07) is 4.01. The number of anilines is 1. The van der Waals surface area contributed by atoms with E-state index in [1.165, 1.54) is 0 Å². The van der Waals surface area contributed by atoms with Gasteiger partial charge in [0, 0.05) is 12.7 Å². The van der Waals surface area contributed by atoms with Gasteiger partial charge >= 0.3 is 0 Å². The fourth-order valence-corrected chi connectivity index (χ4v) is 3.46. The van der Waals surface area contributed by atoms with Gasteiger partial charge in [0.1, 0.15) is 17.8 Å². The van der Waals surface area contributed by atoms with Crippen molar-refractivity contribution >= 4 is 16.9 Å². The summed E-state index contributed by atoms with van der Waals surface area (Å²) in [6.45, 7) is 4.62. The van der Waals surface area contributed by atoms with Crippen LogP contribution in [0.2, 0.25) is 0 Å². The summed E-state index contributed by atoms with van der Waals surface area (Å²) >= 11 is 0. The van der Waals surface area contributed by atoms with Crippen molar-refractivity contribution in [2.75, 3.05) is 11.4 Å². The molecule has 1 aliphatic heterocycles. The molecule has 0 radical (unpaired) electrons. The van der Waals surface area contributed by atoms with E-state index in [1.807, 2.05) is 26.0 Å². The zero-order valence-electron chi connectivity index (χ0n) is 13.2. The average Bonchev–Trinajstić information content (AvgIpc) is 3.24. The molecule has 3 aromatic heterocycles. The number of hydrogen-bond donors (Lipinski definition) is 3. The van der Waals surface area contributed by atoms with Crippen LogP contribution >= 0.6 is 0 Å². The molecule has 7 heteroatoms. The van der Waals surface area contributed by atoms with Crippen LogP contribution in [0.1, 0.15) is 26.7 Å². The predicted molar refractivity (Wildman–Crippen MR) is 88.1 cm³/mol. The molecule has 0 aromatic carbocycles. The summed E-state index contributed by atoms with van der Waals surface area (Å²) in [5.41, 5.74) is 1.87. The first-order valence-electron chi connectivity index (χ1n) is 7.86. The van der Waals surface area contributed by atoms with Crippen molar-refractivity contribution < 1.29 is 5.11 Å². The van der Waals surface area contributed by atoms with Gasteiger partial charge in [-0.15, -0.1) is 0 Å². The van der Waals surface area contributed by atoms with Crippen molar-refractivity contribution in [1.29, 1.82) is 0 Å². The minimum atomic E-state index is -0.768. The molecule has 1 atom stereocenters. The van der Waals surface area contributed by atoms with Gasteiger partial charge in [-0.2, -0.15) is 5.10 Å². The molecule has 0 saturated carbocycles. The second-order valence-electron chi connectivity index (χ2n) is 6.62. The number of aliphatic hydroxyl groups is 1. The van der Waals surface area contributed by atoms with Crippen LogP contribution in [-0.2, 0) is 0 Å². The first kappa shape index (κ1) is 14.2. The maximum atomic E-state index is 10.5. The number of hydrogen-bond acceptors (Lipinski definition) is 5. The second kappa shape index (κ2) is 5.06. The molecule has 0 spiro atoms. The highest BCUT2D eigenvalue weighted by molar-refractivity contribution is 5.91. The lowest BCUT2D eigenvalue weighted by Gasteiger charge is -2.34. The van der Waals surface area contributed by atoms with Crippen LogP contribution in [0.15, 0.2) is 24.7 Å². The number of rotatable bonds is 3. The van der Waals surface area contributed by atoms with E-state index < -0.39 is 5.60 Å². The van der Waals surface area contributed by atoms with Crippen molar-refractivity contribution in [2.45, 2.75) is 38.3 Å². The van der Waals surface area contributed by atoms with Crippen molar-refractivity contribution in [1.82, 2.24) is 25.1 Å². The van der Waals surface area contributed by atoms with Gasteiger partial charge in [0.25, 0.3) is 0 Å². The highest BCUT2D eigenvalue weighted by atomic mass is 16.3. The molecule has 0 amide bonds. The van der Waals surface area contributed by atoms with Crippen molar-refractivity contribution in [3.05, 3.63) is 24.7 Å². The number of nitrogens with zero attached hydrogens (tertiary/aromatic N) is 4. The Labute approximate surface area is 133 Å². The number of aromatic amines is 2. The Bertz CT molecular complexity index is 817. The van der Waals surface area contributed by atoms with E-state index in [2.05, 4.69) is 30.0 Å². The quantitative estimate of drug-likeness (QED) is 0.688. The maximum Gasteiger partial charge on any atom is 0.143 e. The molecule has 1 aliphatic rings. The average molecular weight is 312 g/mol. The van der Waals surface area contributed by atoms with Crippen LogP contribution in [0.4, 0.5) is 5.82 Å². The second-order valence-corrected chi connectivity index (χ2v) is 6.62. The molecule has 0 aliphatic carbocycles. The Morgan fingerprint density at radius 1 is 1.30 bits per heavy atom. The summed E-state index contributed by atoms with van der Waals surface area (Å²) in [7, 11) is 0. The van der Waals surface area contributed by atoms with E-state index in [-0.39, 0.29) is 6.04 Å². The molecule has 4 rings (SSSR count). The fourth-order valence-electron chi connectivity index (χ4n) is 3.46. The molecule has 120 valence electrons. The molecule has 1 fully saturated rings. The topological polar surface area (TPSA) is 93.7 Å². The Balaban J connectivity index is 1.81. The van der Waals surface area contributed by atoms with Crippen molar-refractivity contribution in [3.8, 4) is 11.4 Å². The third-order valence-electron chi connectivity index (χ3n) is 4.54. The van der Waals surface area contributed by atoms with E-state index >= 15 is 0 Å². The monoisotopic (exact) mass is 312 g/mol. The zero-order valence-corrected chi connectivity index (χ0v) is 13.2. The number of H-pyrrole nitrogens is 2. The van der Waals surface area contributed by atoms with E-state index in [4.69, 9.17) is 0 Å². The summed E-state index contributed by atoms with van der Waals surface area (Å²) in [4.78, 5) is 14.4. The third kappa shape index (κ3) is 2.37. The van der Waals surface area contributed by atoms with Crippen LogP contribution in [-0.4, -0.2) is 48.4 Å². The smallest absolute Gasteiger partial charge is 0.143 e. The Kier molecular flexibility index (Phi) is 3.12. The maximum absolute atomic E-state index is 10.5. The lowest BCUT2D eigenvalue weighted by atomic mass is 9.96. The lowest BCUT2D eigenvalue weighted by molar-refractivity contribution is 0.0533. The first-order valence-corrected chi connectivity index (χ1v) is 7.86. The Morgan fingerprint density at radius 2 is 2.17 bits per heavy atom. The van der Waals surface area contributed by atoms with Gasteiger partial charge in [0.15, 0.2) is 0 Å². The fraction of sp³-hybridized carbons (Fsp3) is 0.438. The van der Waals surface area contributed by atoms with E-state index in [0.717, 1.165) is 47.6 Å². The molecule has 4 heterocycles. The van der Waals surface area contributed by atoms with Crippen LogP contribution < -0.4 is 4.90 Å². The van der Waals surface area contributed by atoms with Gasteiger partial charge in [-0.25, -0.2) is 9.97 Å². The predicted octanol–water partition coefficient (Wildman–Crippen LogP) is 2.09. The summed E-state index contributed by atoms with van der Waals surface area (Å²) < 4.78 is 0. The molecule has 0 bridgehead atoms. The molecular formula is C16H20N6O. The summed E-state index contributed by atoms with van der Waals surface area (Å²) in [6.07, 6.45) is 5.31. The molecule has 3 N–H and O–H groups in total. The number of nitrogens with one attached hydrogen (secondary N) is 2. The summed E-state index contributed by atoms with van der Waals surface area (Å²) in [5.74, 6) is 0.877. The molecule has 3 aromatic rings. The Hall–Kier alpha value is -2.41. The van der Waals surface area contributed by atoms with Gasteiger partial charge in [0.05, 0.1) is 28.4 Å². The van der Waals surface area contributed by atoms with Gasteiger partial charge in [-0.05, 0) is 38.8 Å². The van der Waals surface area contributed by atoms with E-state index in [0.29, 0.717) is 0 Å². The summed E-state index contributed by atoms with van der Waals surface area (Å²) in [5, 5.41) is 18.4. The minimum Gasteiger partial charge on any atom is -0.388 e. The molecule has 1 unspecified atom stereocenters. The van der Waals surface area contributed by atoms with E-state index in [9.17, 15) is 5.11 Å². The molecule has 1 saturated heterocycles. The normalized spacial score (nSPS) is 18.9. The highest BCUT2D eigenvalue weighted by Crippen LogP contribution is 2.35. The van der Waals surface area contributed by atoms with Gasteiger partial charge in [-0.3, -0.25) is 5.10 Å². The lowest BCUT2D eigenvalue weighted by Crippen LogP contribution is -2.46. The van der Waals surface area contributed by atoms with E-state index in [1.54, 1.807) is 12.5 Å². The van der Waals surface area contributed by atoms with Crippen LogP contribution in [0.3, 0.4) is 0 Å². The number of fused-ring (bicyclic) bond motifs is 1. The third-order valence-corrected chi connectivity index (χ3v) is 4.54. The van der Waals surface area contributed by atoms with Gasteiger partial charge < -0.3 is 15.0 Å². The molecule has 7 nitrogen and oxygen atoms in total. The van der Waals surface area contributed by atoms with Gasteiger partial charge in [0.2, 0.25) is 0 Å². The minimum absolute atomic E-state index is 0.0612. The standard InChI is InChI=1S/C16H20N6O/c1-16(2,23)13-4-3-7-22(13)15-10-8-12(11-5-6-19-21-11)20-14(10)17-9-18-15/h5-6,8-9,13,23H,3-4,7H2,1-2H3,(H,19,21)(H,17,18,20). The Morgan fingerprint density at radius 3 is 2.91 bits per heavy atom. The largest absolute Gasteiger partial charge is 0.388 e. The number of aromatic nitrogens is 5. The van der Waals surface area contributed by atoms with Crippen molar-refractivity contribution in [2.24, 2.45) is 0 Å². The first-order chi connectivity index (χ1) is 11.0. The zero-order chi connectivity index (χ0) is 16.0. The molecule has 23 heavy (non-hydrogen) atoms. The molecular weight excluding hydrogens is 292 g/mol. The highest BCUT2D eigenvalue weighted by Gasteiger charge is 2.37. The van der Waals surface area contributed by atoms with Gasteiger partial charge in [-0.1, -0.05) is 0 Å². The van der Waals surface area contributed by atoms with Crippen LogP contribution in [0.25, 0.3) is 22.4 Å². The van der Waals surface area contributed by atoms with Crippen molar-refractivity contribution in [3.63, 3.8) is 0 Å².